The largest absolute Gasteiger partial charge is 0.443 e. The van der Waals surface area contributed by atoms with Gasteiger partial charge in [0.05, 0.1) is 17.1 Å². The number of imide groups is 1. The van der Waals surface area contributed by atoms with Crippen molar-refractivity contribution in [1.82, 2.24) is 20.2 Å². The maximum Gasteiger partial charge on any atom is 0.325 e. The Kier molecular flexibility index (Phi) is 3.98. The van der Waals surface area contributed by atoms with Crippen molar-refractivity contribution >= 4 is 34.2 Å². The highest BCUT2D eigenvalue weighted by molar-refractivity contribution is 7.13. The van der Waals surface area contributed by atoms with E-state index in [0.717, 1.165) is 21.3 Å². The van der Waals surface area contributed by atoms with Crippen molar-refractivity contribution in [3.05, 3.63) is 65.5 Å². The van der Waals surface area contributed by atoms with E-state index in [9.17, 15) is 9.59 Å². The number of nitrogens with one attached hydrogen (secondary N) is 2. The van der Waals surface area contributed by atoms with E-state index < -0.39 is 12.1 Å². The van der Waals surface area contributed by atoms with Crippen LogP contribution in [0.1, 0.15) is 11.3 Å². The number of amides is 3. The Labute approximate surface area is 164 Å². The number of hydrogen-bond donors (Lipinski definition) is 2. The first-order chi connectivity index (χ1) is 13.7. The highest BCUT2D eigenvalue weighted by Crippen LogP contribution is 2.25. The number of hydrogen-bond acceptors (Lipinski definition) is 5. The lowest BCUT2D eigenvalue weighted by Crippen LogP contribution is -2.32. The highest BCUT2D eigenvalue weighted by atomic mass is 32.1. The van der Waals surface area contributed by atoms with Crippen LogP contribution in [-0.2, 0) is 17.8 Å². The summed E-state index contributed by atoms with van der Waals surface area (Å²) in [5.41, 5.74) is 2.55. The predicted octanol–water partition coefficient (Wildman–Crippen LogP) is 3.55. The van der Waals surface area contributed by atoms with Gasteiger partial charge >= 0.3 is 6.03 Å². The van der Waals surface area contributed by atoms with Gasteiger partial charge in [0.2, 0.25) is 5.89 Å². The first-order valence-corrected chi connectivity index (χ1v) is 9.72. The van der Waals surface area contributed by atoms with Crippen molar-refractivity contribution in [3.63, 3.8) is 0 Å². The number of urea groups is 1. The van der Waals surface area contributed by atoms with Gasteiger partial charge in [-0.1, -0.05) is 24.3 Å². The summed E-state index contributed by atoms with van der Waals surface area (Å²) >= 11 is 1.52. The molecule has 4 heterocycles. The molecular weight excluding hydrogens is 376 g/mol. The summed E-state index contributed by atoms with van der Waals surface area (Å²) in [6.45, 7) is 0.0872. The molecule has 140 valence electrons. The molecule has 28 heavy (non-hydrogen) atoms. The van der Waals surface area contributed by atoms with Gasteiger partial charge in [-0.05, 0) is 23.1 Å². The summed E-state index contributed by atoms with van der Waals surface area (Å²) in [6, 6.07) is 10.7. The molecule has 0 aliphatic carbocycles. The molecule has 8 heteroatoms. The van der Waals surface area contributed by atoms with Crippen LogP contribution in [0.2, 0.25) is 0 Å². The van der Waals surface area contributed by atoms with Crippen LogP contribution in [0.4, 0.5) is 4.79 Å². The van der Waals surface area contributed by atoms with E-state index in [1.807, 2.05) is 48.0 Å². The average Bonchev–Trinajstić information content (AvgIpc) is 3.48. The highest BCUT2D eigenvalue weighted by Gasteiger charge is 2.38. The molecule has 3 aromatic heterocycles. The Morgan fingerprint density at radius 1 is 1.18 bits per heavy atom. The minimum absolute atomic E-state index is 0.0872. The third-order valence-corrected chi connectivity index (χ3v) is 5.67. The van der Waals surface area contributed by atoms with Gasteiger partial charge in [-0.15, -0.1) is 11.3 Å². The van der Waals surface area contributed by atoms with Crippen LogP contribution in [0.3, 0.4) is 0 Å². The number of carbonyl (C=O) groups is 2. The smallest absolute Gasteiger partial charge is 0.325 e. The van der Waals surface area contributed by atoms with Gasteiger partial charge in [0.1, 0.15) is 12.3 Å². The van der Waals surface area contributed by atoms with Crippen molar-refractivity contribution in [1.29, 1.82) is 0 Å². The van der Waals surface area contributed by atoms with E-state index in [4.69, 9.17) is 4.42 Å². The molecule has 1 aliphatic heterocycles. The van der Waals surface area contributed by atoms with E-state index in [1.165, 1.54) is 22.5 Å². The fraction of sp³-hybridized carbons (Fsp3) is 0.150. The number of thiophene rings is 1. The molecule has 0 saturated carbocycles. The van der Waals surface area contributed by atoms with Gasteiger partial charge in [0.25, 0.3) is 5.91 Å². The number of para-hydroxylation sites is 1. The molecular formula is C20H16N4O3S. The van der Waals surface area contributed by atoms with Crippen molar-refractivity contribution < 1.29 is 14.0 Å². The topological polar surface area (TPSA) is 91.2 Å². The SMILES string of the molecule is O=C1N[C@@H](Cc2c[nH]c3ccccc23)C(=O)N1Cc1coc(-c2cccs2)n1. The number of oxazole rings is 1. The molecule has 0 bridgehead atoms. The molecule has 1 aliphatic rings. The van der Waals surface area contributed by atoms with Crippen LogP contribution < -0.4 is 5.32 Å². The second-order valence-corrected chi connectivity index (χ2v) is 7.56. The Morgan fingerprint density at radius 3 is 2.93 bits per heavy atom. The number of nitrogens with zero attached hydrogens (tertiary/aromatic N) is 2. The standard InChI is InChI=1S/C20H16N4O3S/c25-19-16(8-12-9-21-15-5-2-1-4-14(12)15)23-20(26)24(19)10-13-11-27-18(22-13)17-6-3-7-28-17/h1-7,9,11,16,21H,8,10H2,(H,23,26)/t16-/m0/s1. The molecule has 0 radical (unpaired) electrons. The first kappa shape index (κ1) is 16.8. The summed E-state index contributed by atoms with van der Waals surface area (Å²) in [7, 11) is 0. The number of aromatic amines is 1. The molecule has 4 aromatic rings. The maximum atomic E-state index is 12.8. The molecule has 2 N–H and O–H groups in total. The van der Waals surface area contributed by atoms with E-state index in [0.29, 0.717) is 18.0 Å². The van der Waals surface area contributed by atoms with Gasteiger partial charge in [-0.25, -0.2) is 9.78 Å². The molecule has 3 amide bonds. The number of fused-ring (bicyclic) bond motifs is 1. The lowest BCUT2D eigenvalue weighted by atomic mass is 10.1. The van der Waals surface area contributed by atoms with Crippen LogP contribution in [0.5, 0.6) is 0 Å². The fourth-order valence-electron chi connectivity index (χ4n) is 3.44. The fourth-order valence-corrected chi connectivity index (χ4v) is 4.10. The van der Waals surface area contributed by atoms with Crippen LogP contribution >= 0.6 is 11.3 Å². The summed E-state index contributed by atoms with van der Waals surface area (Å²) in [5, 5.41) is 5.77. The summed E-state index contributed by atoms with van der Waals surface area (Å²) in [6.07, 6.45) is 3.81. The van der Waals surface area contributed by atoms with Crippen LogP contribution in [0.15, 0.2) is 58.7 Å². The molecule has 7 nitrogen and oxygen atoms in total. The summed E-state index contributed by atoms with van der Waals surface area (Å²) in [5.74, 6) is 0.239. The minimum Gasteiger partial charge on any atom is -0.443 e. The molecule has 1 atom stereocenters. The predicted molar refractivity (Wildman–Crippen MR) is 105 cm³/mol. The van der Waals surface area contributed by atoms with Crippen LogP contribution in [0.25, 0.3) is 21.7 Å². The second kappa shape index (κ2) is 6.65. The lowest BCUT2D eigenvalue weighted by molar-refractivity contribution is -0.127. The van der Waals surface area contributed by atoms with Crippen molar-refractivity contribution in [3.8, 4) is 10.8 Å². The normalized spacial score (nSPS) is 16.9. The number of aromatic nitrogens is 2. The van der Waals surface area contributed by atoms with Gasteiger partial charge in [-0.2, -0.15) is 0 Å². The maximum absolute atomic E-state index is 12.8. The van der Waals surface area contributed by atoms with Crippen molar-refractivity contribution in [2.75, 3.05) is 0 Å². The van der Waals surface area contributed by atoms with E-state index >= 15 is 0 Å². The summed E-state index contributed by atoms with van der Waals surface area (Å²) in [4.78, 5) is 34.8. The van der Waals surface area contributed by atoms with Gasteiger partial charge in [0, 0.05) is 23.5 Å². The Hall–Kier alpha value is -3.39. The van der Waals surface area contributed by atoms with Crippen molar-refractivity contribution in [2.24, 2.45) is 0 Å². The Morgan fingerprint density at radius 2 is 2.07 bits per heavy atom. The minimum atomic E-state index is -0.588. The zero-order valence-electron chi connectivity index (χ0n) is 14.7. The lowest BCUT2D eigenvalue weighted by Gasteiger charge is -2.10. The van der Waals surface area contributed by atoms with Crippen LogP contribution in [-0.4, -0.2) is 32.8 Å². The first-order valence-electron chi connectivity index (χ1n) is 8.84. The molecule has 1 fully saturated rings. The van der Waals surface area contributed by atoms with Gasteiger partial charge in [0.15, 0.2) is 0 Å². The number of rotatable bonds is 5. The van der Waals surface area contributed by atoms with Gasteiger partial charge < -0.3 is 14.7 Å². The number of carbonyl (C=O) groups excluding carboxylic acids is 2. The third-order valence-electron chi connectivity index (χ3n) is 4.81. The zero-order chi connectivity index (χ0) is 19.1. The van der Waals surface area contributed by atoms with E-state index in [-0.39, 0.29) is 12.5 Å². The molecule has 0 unspecified atom stereocenters. The molecule has 5 rings (SSSR count). The Balaban J connectivity index is 1.32. The second-order valence-electron chi connectivity index (χ2n) is 6.61. The summed E-state index contributed by atoms with van der Waals surface area (Å²) < 4.78 is 5.48. The van der Waals surface area contributed by atoms with Crippen molar-refractivity contribution in [2.45, 2.75) is 19.0 Å². The molecule has 1 aromatic carbocycles. The van der Waals surface area contributed by atoms with Gasteiger partial charge in [-0.3, -0.25) is 9.69 Å². The third kappa shape index (κ3) is 2.87. The quantitative estimate of drug-likeness (QED) is 0.508. The average molecular weight is 392 g/mol. The Bertz CT molecular complexity index is 1160. The molecule has 0 spiro atoms. The van der Waals surface area contributed by atoms with E-state index in [2.05, 4.69) is 15.3 Å². The van der Waals surface area contributed by atoms with E-state index in [1.54, 1.807) is 0 Å². The zero-order valence-corrected chi connectivity index (χ0v) is 15.5. The number of H-pyrrole nitrogens is 1. The number of benzene rings is 1. The molecule has 1 saturated heterocycles. The monoisotopic (exact) mass is 392 g/mol. The van der Waals surface area contributed by atoms with Crippen LogP contribution in [0, 0.1) is 0 Å².